The number of nitrogens with zero attached hydrogens (tertiary/aromatic N) is 4. The van der Waals surface area contributed by atoms with Gasteiger partial charge in [0.1, 0.15) is 16.7 Å². The normalized spacial score (nSPS) is 24.2. The summed E-state index contributed by atoms with van der Waals surface area (Å²) in [6.45, 7) is 4.05. The largest absolute Gasteiger partial charge is 0.377 e. The molecule has 0 aromatic carbocycles. The first-order valence-electron chi connectivity index (χ1n) is 10.4. The van der Waals surface area contributed by atoms with Gasteiger partial charge in [0.25, 0.3) is 0 Å². The van der Waals surface area contributed by atoms with E-state index in [1.807, 2.05) is 24.4 Å². The molecule has 2 aliphatic heterocycles. The van der Waals surface area contributed by atoms with Crippen molar-refractivity contribution < 1.29 is 13.2 Å². The number of anilines is 1. The van der Waals surface area contributed by atoms with E-state index in [-0.39, 0.29) is 11.8 Å². The average molecular weight is 428 g/mol. The van der Waals surface area contributed by atoms with Crippen molar-refractivity contribution in [2.45, 2.75) is 37.5 Å². The topological polar surface area (TPSA) is 101 Å². The second-order valence-electron chi connectivity index (χ2n) is 8.04. The van der Waals surface area contributed by atoms with Crippen LogP contribution in [-0.2, 0) is 14.6 Å². The molecule has 0 bridgehead atoms. The van der Waals surface area contributed by atoms with Gasteiger partial charge in [-0.25, -0.2) is 23.4 Å². The molecular weight excluding hydrogens is 402 g/mol. The molecule has 158 valence electrons. The van der Waals surface area contributed by atoms with Gasteiger partial charge in [-0.1, -0.05) is 6.42 Å². The van der Waals surface area contributed by atoms with Crippen LogP contribution in [0.2, 0.25) is 0 Å². The van der Waals surface area contributed by atoms with E-state index in [1.54, 1.807) is 6.20 Å². The minimum Gasteiger partial charge on any atom is -0.377 e. The number of ether oxygens (including phenoxy) is 1. The van der Waals surface area contributed by atoms with Crippen LogP contribution in [0.1, 0.15) is 37.1 Å². The Hall–Kier alpha value is -2.52. The van der Waals surface area contributed by atoms with Crippen LogP contribution < -0.4 is 4.90 Å². The van der Waals surface area contributed by atoms with Gasteiger partial charge in [-0.05, 0) is 31.9 Å². The Morgan fingerprint density at radius 2 is 2.13 bits per heavy atom. The maximum Gasteiger partial charge on any atom is 0.162 e. The van der Waals surface area contributed by atoms with Crippen molar-refractivity contribution in [2.24, 2.45) is 0 Å². The van der Waals surface area contributed by atoms with Crippen LogP contribution in [0.4, 0.5) is 5.82 Å². The summed E-state index contributed by atoms with van der Waals surface area (Å²) in [7, 11) is -3.22. The van der Waals surface area contributed by atoms with Gasteiger partial charge in [-0.15, -0.1) is 0 Å². The van der Waals surface area contributed by atoms with E-state index in [4.69, 9.17) is 14.7 Å². The quantitative estimate of drug-likeness (QED) is 0.686. The molecule has 5 heterocycles. The molecule has 2 fully saturated rings. The summed E-state index contributed by atoms with van der Waals surface area (Å²) in [5.74, 6) is 1.51. The van der Waals surface area contributed by atoms with E-state index >= 15 is 0 Å². The van der Waals surface area contributed by atoms with Crippen LogP contribution >= 0.6 is 0 Å². The number of sulfone groups is 1. The highest BCUT2D eigenvalue weighted by molar-refractivity contribution is 7.91. The summed E-state index contributed by atoms with van der Waals surface area (Å²) in [5.41, 5.74) is 2.19. The Morgan fingerprint density at radius 3 is 2.97 bits per heavy atom. The highest BCUT2D eigenvalue weighted by Gasteiger charge is 2.33. The van der Waals surface area contributed by atoms with Crippen LogP contribution in [0.3, 0.4) is 0 Å². The first-order valence-corrected chi connectivity index (χ1v) is 12.1. The van der Waals surface area contributed by atoms with Gasteiger partial charge in [-0.2, -0.15) is 0 Å². The number of H-pyrrole nitrogens is 1. The summed E-state index contributed by atoms with van der Waals surface area (Å²) in [6.07, 6.45) is 5.77. The summed E-state index contributed by atoms with van der Waals surface area (Å²) in [5, 5.41) is 0.341. The molecule has 3 aromatic rings. The van der Waals surface area contributed by atoms with Gasteiger partial charge in [0.15, 0.2) is 15.7 Å². The fourth-order valence-electron chi connectivity index (χ4n) is 4.40. The Balaban J connectivity index is 1.68. The number of morpholine rings is 1. The molecule has 2 saturated heterocycles. The van der Waals surface area contributed by atoms with Crippen molar-refractivity contribution in [3.05, 3.63) is 36.3 Å². The number of aromatic amines is 1. The van der Waals surface area contributed by atoms with Crippen molar-refractivity contribution in [1.82, 2.24) is 19.9 Å². The second-order valence-corrected chi connectivity index (χ2v) is 10.3. The standard InChI is InChI=1S/C21H25N5O3S/c1-14-13-29-10-9-26(14)19-12-17(18-4-2-3-11-30(18,27)28)24-21(25-19)16-6-8-23-20-15(16)5-7-22-20/h5-8,12,14,18H,2-4,9-11,13H2,1H3,(H,22,23)/t14-,18+/m1/s1. The van der Waals surface area contributed by atoms with Crippen molar-refractivity contribution in [3.63, 3.8) is 0 Å². The summed E-state index contributed by atoms with van der Waals surface area (Å²) in [6, 6.07) is 5.86. The fourth-order valence-corrected chi connectivity index (χ4v) is 6.30. The maximum atomic E-state index is 12.8. The molecule has 0 amide bonds. The molecular formula is C21H25N5O3S. The number of pyridine rings is 1. The molecule has 1 N–H and O–H groups in total. The third kappa shape index (κ3) is 3.45. The molecule has 2 aliphatic rings. The molecule has 5 rings (SSSR count). The third-order valence-electron chi connectivity index (χ3n) is 6.00. The minimum absolute atomic E-state index is 0.155. The number of fused-ring (bicyclic) bond motifs is 1. The maximum absolute atomic E-state index is 12.8. The Kier molecular flexibility index (Phi) is 4.94. The third-order valence-corrected chi connectivity index (χ3v) is 8.21. The van der Waals surface area contributed by atoms with Crippen molar-refractivity contribution in [1.29, 1.82) is 0 Å². The zero-order valence-electron chi connectivity index (χ0n) is 16.9. The summed E-state index contributed by atoms with van der Waals surface area (Å²) >= 11 is 0. The van der Waals surface area contributed by atoms with Crippen LogP contribution in [0.15, 0.2) is 30.6 Å². The lowest BCUT2D eigenvalue weighted by atomic mass is 10.1. The van der Waals surface area contributed by atoms with Gasteiger partial charge in [-0.3, -0.25) is 0 Å². The SMILES string of the molecule is C[C@@H]1COCCN1c1cc([C@@H]2CCCCS2(=O)=O)nc(-c2ccnc3[nH]ccc23)n1. The van der Waals surface area contributed by atoms with Crippen LogP contribution in [-0.4, -0.2) is 59.9 Å². The predicted molar refractivity (Wildman–Crippen MR) is 115 cm³/mol. The second kappa shape index (κ2) is 7.63. The van der Waals surface area contributed by atoms with Crippen LogP contribution in [0, 0.1) is 0 Å². The molecule has 0 saturated carbocycles. The lowest BCUT2D eigenvalue weighted by Crippen LogP contribution is -2.44. The molecule has 0 radical (unpaired) electrons. The minimum atomic E-state index is -3.22. The lowest BCUT2D eigenvalue weighted by molar-refractivity contribution is 0.0985. The molecule has 3 aromatic heterocycles. The van der Waals surface area contributed by atoms with E-state index in [0.717, 1.165) is 35.3 Å². The number of hydrogen-bond acceptors (Lipinski definition) is 7. The molecule has 0 aliphatic carbocycles. The number of rotatable bonds is 3. The molecule has 9 heteroatoms. The van der Waals surface area contributed by atoms with E-state index in [9.17, 15) is 8.42 Å². The van der Waals surface area contributed by atoms with E-state index in [1.165, 1.54) is 0 Å². The van der Waals surface area contributed by atoms with Gasteiger partial charge in [0.05, 0.1) is 30.7 Å². The van der Waals surface area contributed by atoms with Crippen molar-refractivity contribution >= 4 is 26.7 Å². The zero-order valence-corrected chi connectivity index (χ0v) is 17.7. The first kappa shape index (κ1) is 19.4. The molecule has 0 spiro atoms. The van der Waals surface area contributed by atoms with Crippen LogP contribution in [0.25, 0.3) is 22.4 Å². The Bertz CT molecular complexity index is 1180. The average Bonchev–Trinajstić information content (AvgIpc) is 3.22. The van der Waals surface area contributed by atoms with E-state index in [2.05, 4.69) is 21.8 Å². The Labute approximate surface area is 175 Å². The fraction of sp³-hybridized carbons (Fsp3) is 0.476. The van der Waals surface area contributed by atoms with Crippen LogP contribution in [0.5, 0.6) is 0 Å². The number of hydrogen-bond donors (Lipinski definition) is 1. The summed E-state index contributed by atoms with van der Waals surface area (Å²) in [4.78, 5) is 19.3. The van der Waals surface area contributed by atoms with Crippen molar-refractivity contribution in [3.8, 4) is 11.4 Å². The smallest absolute Gasteiger partial charge is 0.162 e. The zero-order chi connectivity index (χ0) is 20.7. The number of nitrogens with one attached hydrogen (secondary N) is 1. The van der Waals surface area contributed by atoms with E-state index < -0.39 is 15.1 Å². The van der Waals surface area contributed by atoms with Gasteiger partial charge in [0.2, 0.25) is 0 Å². The molecule has 8 nitrogen and oxygen atoms in total. The van der Waals surface area contributed by atoms with Gasteiger partial charge >= 0.3 is 0 Å². The van der Waals surface area contributed by atoms with Gasteiger partial charge < -0.3 is 14.6 Å². The van der Waals surface area contributed by atoms with Gasteiger partial charge in [0, 0.05) is 36.0 Å². The predicted octanol–water partition coefficient (Wildman–Crippen LogP) is 2.88. The van der Waals surface area contributed by atoms with E-state index in [0.29, 0.717) is 37.7 Å². The number of aromatic nitrogens is 4. The monoisotopic (exact) mass is 427 g/mol. The lowest BCUT2D eigenvalue weighted by Gasteiger charge is -2.35. The molecule has 2 atom stereocenters. The highest BCUT2D eigenvalue weighted by atomic mass is 32.2. The highest BCUT2D eigenvalue weighted by Crippen LogP contribution is 2.36. The first-order chi connectivity index (χ1) is 14.5. The summed E-state index contributed by atoms with van der Waals surface area (Å²) < 4.78 is 31.3. The Morgan fingerprint density at radius 1 is 1.23 bits per heavy atom. The van der Waals surface area contributed by atoms with Crippen molar-refractivity contribution in [2.75, 3.05) is 30.4 Å². The molecule has 0 unspecified atom stereocenters. The molecule has 30 heavy (non-hydrogen) atoms.